The molecule has 0 bridgehead atoms. The van der Waals surface area contributed by atoms with Gasteiger partial charge in [0.25, 0.3) is 10.0 Å². The molecule has 1 atom stereocenters. The Morgan fingerprint density at radius 1 is 1.19 bits per heavy atom. The Hall–Kier alpha value is -3.59. The van der Waals surface area contributed by atoms with E-state index in [0.717, 1.165) is 4.09 Å². The van der Waals surface area contributed by atoms with E-state index in [1.54, 1.807) is 6.07 Å². The summed E-state index contributed by atoms with van der Waals surface area (Å²) in [7, 11) is -3.53. The molecule has 0 aliphatic heterocycles. The van der Waals surface area contributed by atoms with Crippen LogP contribution in [0.3, 0.4) is 0 Å². The smallest absolute Gasteiger partial charge is 0.388 e. The van der Waals surface area contributed by atoms with Gasteiger partial charge in [0.2, 0.25) is 0 Å². The Labute approximate surface area is 203 Å². The van der Waals surface area contributed by atoms with E-state index in [-0.39, 0.29) is 17.5 Å². The number of aromatic nitrogens is 7. The summed E-state index contributed by atoms with van der Waals surface area (Å²) in [6.45, 7) is 0.876. The van der Waals surface area contributed by atoms with Crippen LogP contribution in [-0.2, 0) is 16.6 Å². The number of pyridine rings is 1. The lowest BCUT2D eigenvalue weighted by atomic mass is 10.2. The molecule has 0 aromatic carbocycles. The number of rotatable bonds is 8. The number of aliphatic hydroxyl groups is 1. The van der Waals surface area contributed by atoms with Gasteiger partial charge in [-0.25, -0.2) is 28.4 Å². The zero-order chi connectivity index (χ0) is 25.7. The highest BCUT2D eigenvalue weighted by Gasteiger charge is 2.37. The van der Waals surface area contributed by atoms with Crippen molar-refractivity contribution >= 4 is 32.7 Å². The molecule has 2 N–H and O–H groups in total. The maximum Gasteiger partial charge on any atom is 0.391 e. The first-order chi connectivity index (χ1) is 17.0. The van der Waals surface area contributed by atoms with Crippen LogP contribution in [0.4, 0.5) is 24.8 Å². The van der Waals surface area contributed by atoms with Crippen LogP contribution in [-0.4, -0.2) is 58.6 Å². The number of anilines is 2. The summed E-state index contributed by atoms with van der Waals surface area (Å²) < 4.78 is 66.1. The molecule has 4 heterocycles. The molecule has 0 spiro atoms. The number of halogens is 3. The minimum atomic E-state index is -4.39. The second-order valence-corrected chi connectivity index (χ2v) is 10.6. The quantitative estimate of drug-likeness (QED) is 0.357. The third kappa shape index (κ3) is 4.75. The molecule has 1 unspecified atom stereocenters. The van der Waals surface area contributed by atoms with Crippen molar-refractivity contribution in [3.63, 3.8) is 0 Å². The minimum Gasteiger partial charge on any atom is -0.388 e. The van der Waals surface area contributed by atoms with Gasteiger partial charge in [-0.1, -0.05) is 0 Å². The third-order valence-corrected chi connectivity index (χ3v) is 7.73. The van der Waals surface area contributed by atoms with Crippen LogP contribution in [0.1, 0.15) is 38.1 Å². The first kappa shape index (κ1) is 24.1. The predicted octanol–water partition coefficient (Wildman–Crippen LogP) is 3.17. The Kier molecular flexibility index (Phi) is 5.90. The van der Waals surface area contributed by atoms with Crippen molar-refractivity contribution < 1.29 is 26.7 Å². The lowest BCUT2D eigenvalue weighted by Crippen LogP contribution is -2.18. The normalized spacial score (nSPS) is 15.4. The Balaban J connectivity index is 1.43. The summed E-state index contributed by atoms with van der Waals surface area (Å²) in [6.07, 6.45) is 1.32. The Bertz CT molecular complexity index is 1530. The lowest BCUT2D eigenvalue weighted by Gasteiger charge is -2.18. The SMILES string of the molecule is CC(CC(F)(F)F)n1c(CO)nc2cnc(Nc3ccnc(-c4cnn(S(=O)(=O)C5CC5)c4)n3)cc21. The summed E-state index contributed by atoms with van der Waals surface area (Å²) in [5.74, 6) is 0.929. The molecule has 4 aromatic rings. The molecule has 0 amide bonds. The van der Waals surface area contributed by atoms with Gasteiger partial charge in [0.1, 0.15) is 29.6 Å². The molecule has 4 aromatic heterocycles. The minimum absolute atomic E-state index is 0.100. The van der Waals surface area contributed by atoms with E-state index in [1.165, 1.54) is 42.3 Å². The Morgan fingerprint density at radius 2 is 1.97 bits per heavy atom. The summed E-state index contributed by atoms with van der Waals surface area (Å²) in [6, 6.07) is 2.08. The first-order valence-electron chi connectivity index (χ1n) is 11.0. The van der Waals surface area contributed by atoms with E-state index in [2.05, 4.69) is 30.4 Å². The van der Waals surface area contributed by atoms with Crippen LogP contribution in [0.5, 0.6) is 0 Å². The van der Waals surface area contributed by atoms with E-state index >= 15 is 0 Å². The van der Waals surface area contributed by atoms with Crippen molar-refractivity contribution in [2.24, 2.45) is 0 Å². The van der Waals surface area contributed by atoms with Crippen molar-refractivity contribution in [3.8, 4) is 11.4 Å². The Morgan fingerprint density at radius 3 is 2.67 bits per heavy atom. The number of imidazole rings is 1. The van der Waals surface area contributed by atoms with Gasteiger partial charge in [-0.2, -0.15) is 22.4 Å². The zero-order valence-electron chi connectivity index (χ0n) is 18.9. The molecule has 15 heteroatoms. The average Bonchev–Trinajstić information content (AvgIpc) is 3.44. The van der Waals surface area contributed by atoms with Crippen molar-refractivity contribution in [1.82, 2.24) is 33.7 Å². The highest BCUT2D eigenvalue weighted by molar-refractivity contribution is 7.90. The van der Waals surface area contributed by atoms with Gasteiger partial charge in [0.05, 0.1) is 41.3 Å². The van der Waals surface area contributed by atoms with Crippen LogP contribution in [0.25, 0.3) is 22.4 Å². The van der Waals surface area contributed by atoms with Gasteiger partial charge in [-0.3, -0.25) is 0 Å². The molecule has 1 aliphatic rings. The fourth-order valence-corrected chi connectivity index (χ4v) is 5.40. The van der Waals surface area contributed by atoms with Crippen LogP contribution >= 0.6 is 0 Å². The third-order valence-electron chi connectivity index (χ3n) is 5.69. The van der Waals surface area contributed by atoms with E-state index < -0.39 is 40.5 Å². The van der Waals surface area contributed by atoms with Gasteiger partial charge in [0, 0.05) is 18.3 Å². The van der Waals surface area contributed by atoms with Gasteiger partial charge in [-0.05, 0) is 25.8 Å². The van der Waals surface area contributed by atoms with Crippen molar-refractivity contribution in [1.29, 1.82) is 0 Å². The fourth-order valence-electron chi connectivity index (χ4n) is 3.92. The molecule has 36 heavy (non-hydrogen) atoms. The highest BCUT2D eigenvalue weighted by atomic mass is 32.2. The largest absolute Gasteiger partial charge is 0.391 e. The average molecular weight is 523 g/mol. The first-order valence-corrected chi connectivity index (χ1v) is 12.5. The molecule has 0 radical (unpaired) electrons. The number of nitrogens with one attached hydrogen (secondary N) is 1. The number of aliphatic hydroxyl groups excluding tert-OH is 1. The van der Waals surface area contributed by atoms with E-state index in [9.17, 15) is 26.7 Å². The monoisotopic (exact) mass is 522 g/mol. The second kappa shape index (κ2) is 8.81. The molecule has 1 saturated carbocycles. The standard InChI is InChI=1S/C21H21F3N8O3S/c1-12(7-21(22,23)24)32-16-6-18(26-9-15(16)28-19(32)11-33)29-17-4-5-25-20(30-17)13-8-27-31(10-13)36(34,35)14-2-3-14/h4-6,8-10,12,14,33H,2-3,7,11H2,1H3,(H,25,26,29,30). The highest BCUT2D eigenvalue weighted by Crippen LogP contribution is 2.32. The summed E-state index contributed by atoms with van der Waals surface area (Å²) in [4.78, 5) is 17.0. The topological polar surface area (TPSA) is 141 Å². The summed E-state index contributed by atoms with van der Waals surface area (Å²) >= 11 is 0. The molecule has 1 aliphatic carbocycles. The van der Waals surface area contributed by atoms with Crippen LogP contribution in [0.15, 0.2) is 36.9 Å². The number of alkyl halides is 3. The van der Waals surface area contributed by atoms with Crippen LogP contribution < -0.4 is 5.32 Å². The molecule has 11 nitrogen and oxygen atoms in total. The predicted molar refractivity (Wildman–Crippen MR) is 123 cm³/mol. The number of fused-ring (bicyclic) bond motifs is 1. The number of nitrogens with zero attached hydrogens (tertiary/aromatic N) is 7. The molecular formula is C21H21F3N8O3S. The van der Waals surface area contributed by atoms with Gasteiger partial charge in [-0.15, -0.1) is 0 Å². The molecule has 5 rings (SSSR count). The van der Waals surface area contributed by atoms with E-state index in [4.69, 9.17) is 0 Å². The van der Waals surface area contributed by atoms with Crippen molar-refractivity contribution in [2.45, 2.75) is 50.3 Å². The second-order valence-electron chi connectivity index (χ2n) is 8.52. The van der Waals surface area contributed by atoms with E-state index in [1.807, 2.05) is 0 Å². The summed E-state index contributed by atoms with van der Waals surface area (Å²) in [5.41, 5.74) is 1.11. The number of hydrogen-bond donors (Lipinski definition) is 2. The zero-order valence-corrected chi connectivity index (χ0v) is 19.7. The fraction of sp³-hybridized carbons (Fsp3) is 0.381. The van der Waals surface area contributed by atoms with Gasteiger partial charge < -0.3 is 15.0 Å². The molecule has 1 fully saturated rings. The number of hydrogen-bond acceptors (Lipinski definition) is 9. The van der Waals surface area contributed by atoms with Crippen LogP contribution in [0, 0.1) is 0 Å². The molecule has 190 valence electrons. The van der Waals surface area contributed by atoms with Crippen LogP contribution in [0.2, 0.25) is 0 Å². The van der Waals surface area contributed by atoms with Gasteiger partial charge >= 0.3 is 6.18 Å². The van der Waals surface area contributed by atoms with E-state index in [0.29, 0.717) is 35.3 Å². The lowest BCUT2D eigenvalue weighted by molar-refractivity contribution is -0.141. The maximum atomic E-state index is 13.0. The maximum absolute atomic E-state index is 13.0. The van der Waals surface area contributed by atoms with Crippen molar-refractivity contribution in [3.05, 3.63) is 42.7 Å². The summed E-state index contributed by atoms with van der Waals surface area (Å²) in [5, 5.41) is 16.1. The van der Waals surface area contributed by atoms with Crippen molar-refractivity contribution in [2.75, 3.05) is 5.32 Å². The molecule has 0 saturated heterocycles. The molecular weight excluding hydrogens is 501 g/mol. The van der Waals surface area contributed by atoms with Gasteiger partial charge in [0.15, 0.2) is 5.82 Å².